The molecule has 0 aromatic carbocycles. The summed E-state index contributed by atoms with van der Waals surface area (Å²) in [5.74, 6) is 1.51. The molecule has 0 saturated heterocycles. The van der Waals surface area contributed by atoms with Crippen LogP contribution in [0.1, 0.15) is 32.6 Å². The van der Waals surface area contributed by atoms with Crippen LogP contribution in [0.2, 0.25) is 5.15 Å². The second kappa shape index (κ2) is 5.72. The number of hydrogen-bond donors (Lipinski definition) is 1. The largest absolute Gasteiger partial charge is 0.365 e. The third kappa shape index (κ3) is 2.95. The number of nitrogens with zero attached hydrogens (tertiary/aromatic N) is 3. The molecule has 2 rings (SSSR count). The van der Waals surface area contributed by atoms with Gasteiger partial charge < -0.3 is 10.2 Å². The maximum absolute atomic E-state index is 5.97. The van der Waals surface area contributed by atoms with Gasteiger partial charge in [0.15, 0.2) is 11.0 Å². The molecule has 0 aliphatic heterocycles. The Bertz CT molecular complexity index is 395. The molecule has 1 aliphatic rings. The van der Waals surface area contributed by atoms with E-state index in [0.29, 0.717) is 5.15 Å². The molecule has 0 amide bonds. The number of aromatic nitrogens is 2. The monoisotopic (exact) mass is 288 g/mol. The number of nitrogens with one attached hydrogen (secondary N) is 1. The van der Waals surface area contributed by atoms with Gasteiger partial charge in [-0.25, -0.2) is 0 Å². The summed E-state index contributed by atoms with van der Waals surface area (Å²) in [6.07, 6.45) is 5.09. The van der Waals surface area contributed by atoms with Gasteiger partial charge in [-0.15, -0.1) is 0 Å². The van der Waals surface area contributed by atoms with Gasteiger partial charge in [0.05, 0.1) is 11.7 Å². The van der Waals surface area contributed by atoms with Gasteiger partial charge >= 0.3 is 0 Å². The molecule has 18 heavy (non-hydrogen) atoms. The van der Waals surface area contributed by atoms with Gasteiger partial charge in [-0.2, -0.15) is 8.75 Å². The van der Waals surface area contributed by atoms with Gasteiger partial charge in [-0.3, -0.25) is 0 Å². The van der Waals surface area contributed by atoms with E-state index >= 15 is 0 Å². The molecule has 1 saturated carbocycles. The van der Waals surface area contributed by atoms with E-state index in [-0.39, 0.29) is 5.54 Å². The molecule has 1 aliphatic carbocycles. The molecule has 1 aromatic rings. The molecule has 102 valence electrons. The van der Waals surface area contributed by atoms with Crippen LogP contribution in [0.15, 0.2) is 0 Å². The minimum atomic E-state index is 0.213. The predicted molar refractivity (Wildman–Crippen MR) is 77.5 cm³/mol. The molecule has 2 atom stereocenters. The normalized spacial score (nSPS) is 28.6. The van der Waals surface area contributed by atoms with E-state index < -0.39 is 0 Å². The first-order chi connectivity index (χ1) is 8.53. The molecule has 0 spiro atoms. The van der Waals surface area contributed by atoms with Crippen LogP contribution < -0.4 is 5.32 Å². The van der Waals surface area contributed by atoms with Crippen molar-refractivity contribution >= 4 is 29.1 Å². The lowest BCUT2D eigenvalue weighted by molar-refractivity contribution is 0.0882. The molecule has 4 nitrogen and oxygen atoms in total. The number of rotatable bonds is 4. The van der Waals surface area contributed by atoms with Crippen LogP contribution in [0.5, 0.6) is 0 Å². The fraction of sp³-hybridized carbons (Fsp3) is 0.833. The number of likely N-dealkylation sites (N-methyl/N-ethyl adjacent to an activating group) is 1. The van der Waals surface area contributed by atoms with Gasteiger partial charge in [-0.05, 0) is 32.9 Å². The van der Waals surface area contributed by atoms with E-state index in [0.717, 1.165) is 30.0 Å². The molecule has 2 unspecified atom stereocenters. The molecule has 0 bridgehead atoms. The Morgan fingerprint density at radius 1 is 1.50 bits per heavy atom. The molecule has 1 N–H and O–H groups in total. The number of anilines is 1. The van der Waals surface area contributed by atoms with Gasteiger partial charge in [0.2, 0.25) is 0 Å². The Morgan fingerprint density at radius 3 is 2.83 bits per heavy atom. The van der Waals surface area contributed by atoms with Crippen LogP contribution >= 0.6 is 23.3 Å². The van der Waals surface area contributed by atoms with Crippen molar-refractivity contribution in [3.8, 4) is 0 Å². The van der Waals surface area contributed by atoms with Crippen LogP contribution in [0.25, 0.3) is 0 Å². The van der Waals surface area contributed by atoms with Crippen LogP contribution in [-0.4, -0.2) is 39.8 Å². The molecular weight excluding hydrogens is 268 g/mol. The van der Waals surface area contributed by atoms with Crippen molar-refractivity contribution in [3.05, 3.63) is 5.15 Å². The summed E-state index contributed by atoms with van der Waals surface area (Å²) >= 11 is 7.12. The Balaban J connectivity index is 2.04. The SMILES string of the molecule is CC1CCCC(CNc2nsnc2Cl)(N(C)C)C1. The Hall–Kier alpha value is -0.390. The van der Waals surface area contributed by atoms with Crippen LogP contribution in [0, 0.1) is 5.92 Å². The fourth-order valence-electron chi connectivity index (χ4n) is 2.89. The molecular formula is C12H21ClN4S. The predicted octanol–water partition coefficient (Wildman–Crippen LogP) is 3.11. The average Bonchev–Trinajstić information content (AvgIpc) is 2.72. The number of hydrogen-bond acceptors (Lipinski definition) is 5. The van der Waals surface area contributed by atoms with Crippen molar-refractivity contribution < 1.29 is 0 Å². The standard InChI is InChI=1S/C12H21ClN4S/c1-9-5-4-6-12(7-9,17(2)3)8-14-11-10(13)15-18-16-11/h9H,4-8H2,1-3H3,(H,14,16). The zero-order valence-corrected chi connectivity index (χ0v) is 12.8. The molecule has 1 fully saturated rings. The lowest BCUT2D eigenvalue weighted by Crippen LogP contribution is -2.52. The topological polar surface area (TPSA) is 41.1 Å². The summed E-state index contributed by atoms with van der Waals surface area (Å²) in [5, 5.41) is 3.85. The first-order valence-electron chi connectivity index (χ1n) is 6.43. The van der Waals surface area contributed by atoms with Crippen LogP contribution in [-0.2, 0) is 0 Å². The summed E-state index contributed by atoms with van der Waals surface area (Å²) in [6.45, 7) is 3.23. The van der Waals surface area contributed by atoms with E-state index in [1.165, 1.54) is 25.7 Å². The van der Waals surface area contributed by atoms with Gasteiger partial charge in [-0.1, -0.05) is 31.4 Å². The van der Waals surface area contributed by atoms with Gasteiger partial charge in [0, 0.05) is 12.1 Å². The first-order valence-corrected chi connectivity index (χ1v) is 7.54. The Kier molecular flexibility index (Phi) is 4.45. The van der Waals surface area contributed by atoms with Crippen molar-refractivity contribution in [1.82, 2.24) is 13.6 Å². The van der Waals surface area contributed by atoms with Gasteiger partial charge in [0.1, 0.15) is 0 Å². The number of halogens is 1. The van der Waals surface area contributed by atoms with Gasteiger partial charge in [0.25, 0.3) is 0 Å². The fourth-order valence-corrected chi connectivity index (χ4v) is 3.57. The van der Waals surface area contributed by atoms with E-state index in [2.05, 4.69) is 40.0 Å². The summed E-state index contributed by atoms with van der Waals surface area (Å²) in [5.41, 5.74) is 0.213. The summed E-state index contributed by atoms with van der Waals surface area (Å²) in [6, 6.07) is 0. The van der Waals surface area contributed by atoms with Crippen LogP contribution in [0.4, 0.5) is 5.82 Å². The summed E-state index contributed by atoms with van der Waals surface area (Å²) in [4.78, 5) is 2.35. The maximum Gasteiger partial charge on any atom is 0.186 e. The second-order valence-electron chi connectivity index (χ2n) is 5.58. The molecule has 1 heterocycles. The molecule has 0 radical (unpaired) electrons. The highest BCUT2D eigenvalue weighted by molar-refractivity contribution is 6.99. The highest BCUT2D eigenvalue weighted by Crippen LogP contribution is 2.36. The molecule has 6 heteroatoms. The molecule has 1 aromatic heterocycles. The highest BCUT2D eigenvalue weighted by atomic mass is 35.5. The minimum Gasteiger partial charge on any atom is -0.365 e. The lowest BCUT2D eigenvalue weighted by Gasteiger charge is -2.45. The Labute approximate surface area is 118 Å². The van der Waals surface area contributed by atoms with Crippen molar-refractivity contribution in [2.75, 3.05) is 26.0 Å². The summed E-state index contributed by atoms with van der Waals surface area (Å²) in [7, 11) is 4.33. The third-order valence-electron chi connectivity index (χ3n) is 4.05. The highest BCUT2D eigenvalue weighted by Gasteiger charge is 2.36. The van der Waals surface area contributed by atoms with Crippen molar-refractivity contribution in [3.63, 3.8) is 0 Å². The van der Waals surface area contributed by atoms with E-state index in [1.54, 1.807) is 0 Å². The van der Waals surface area contributed by atoms with E-state index in [1.807, 2.05) is 0 Å². The maximum atomic E-state index is 5.97. The quantitative estimate of drug-likeness (QED) is 0.924. The zero-order chi connectivity index (χ0) is 13.2. The third-order valence-corrected chi connectivity index (χ3v) is 4.94. The average molecular weight is 289 g/mol. The second-order valence-corrected chi connectivity index (χ2v) is 6.46. The smallest absolute Gasteiger partial charge is 0.186 e. The van der Waals surface area contributed by atoms with Crippen LogP contribution in [0.3, 0.4) is 0 Å². The van der Waals surface area contributed by atoms with Crippen molar-refractivity contribution in [2.24, 2.45) is 5.92 Å². The Morgan fingerprint density at radius 2 is 2.28 bits per heavy atom. The van der Waals surface area contributed by atoms with Crippen molar-refractivity contribution in [1.29, 1.82) is 0 Å². The van der Waals surface area contributed by atoms with E-state index in [4.69, 9.17) is 11.6 Å². The first kappa shape index (κ1) is 14.0. The minimum absolute atomic E-state index is 0.213. The summed E-state index contributed by atoms with van der Waals surface area (Å²) < 4.78 is 8.16. The van der Waals surface area contributed by atoms with Crippen molar-refractivity contribution in [2.45, 2.75) is 38.1 Å². The lowest BCUT2D eigenvalue weighted by atomic mass is 9.75. The zero-order valence-electron chi connectivity index (χ0n) is 11.2. The van der Waals surface area contributed by atoms with E-state index in [9.17, 15) is 0 Å².